The lowest BCUT2D eigenvalue weighted by Gasteiger charge is -2.22. The van der Waals surface area contributed by atoms with E-state index in [2.05, 4.69) is 5.32 Å². The molecule has 0 aromatic carbocycles. The Kier molecular flexibility index (Phi) is 3.64. The van der Waals surface area contributed by atoms with Crippen LogP contribution in [0.15, 0.2) is 0 Å². The molecule has 0 heterocycles. The Morgan fingerprint density at radius 2 is 1.89 bits per heavy atom. The summed E-state index contributed by atoms with van der Waals surface area (Å²) in [6.07, 6.45) is 4.67. The van der Waals surface area contributed by atoms with E-state index >= 15 is 0 Å². The molecular weight excluding hydrogens is 250 g/mol. The molecule has 2 aliphatic carbocycles. The van der Waals surface area contributed by atoms with Crippen LogP contribution in [0.25, 0.3) is 0 Å². The number of primary amides is 1. The molecular formula is C12H19N3O4. The summed E-state index contributed by atoms with van der Waals surface area (Å²) >= 11 is 0. The highest BCUT2D eigenvalue weighted by molar-refractivity contribution is 5.85. The highest BCUT2D eigenvalue weighted by Crippen LogP contribution is 2.60. The molecule has 4 N–H and O–H groups in total. The van der Waals surface area contributed by atoms with Gasteiger partial charge in [-0.25, -0.2) is 4.79 Å². The van der Waals surface area contributed by atoms with Crippen molar-refractivity contribution in [2.24, 2.45) is 17.1 Å². The van der Waals surface area contributed by atoms with Crippen molar-refractivity contribution >= 4 is 17.9 Å². The largest absolute Gasteiger partial charge is 0.480 e. The molecule has 2 aliphatic rings. The number of carboxylic acid groups (broad SMARTS) is 1. The van der Waals surface area contributed by atoms with Gasteiger partial charge in [-0.2, -0.15) is 0 Å². The predicted octanol–water partition coefficient (Wildman–Crippen LogP) is -0.242. The monoisotopic (exact) mass is 269 g/mol. The molecule has 2 saturated carbocycles. The predicted molar refractivity (Wildman–Crippen MR) is 66.2 cm³/mol. The van der Waals surface area contributed by atoms with Gasteiger partial charge >= 0.3 is 12.0 Å². The van der Waals surface area contributed by atoms with Crippen LogP contribution in [0.2, 0.25) is 0 Å². The molecule has 0 atom stereocenters. The molecule has 0 bridgehead atoms. The van der Waals surface area contributed by atoms with Crippen LogP contribution >= 0.6 is 0 Å². The van der Waals surface area contributed by atoms with Gasteiger partial charge in [-0.15, -0.1) is 0 Å². The summed E-state index contributed by atoms with van der Waals surface area (Å²) in [6.45, 7) is -0.342. The number of aliphatic carboxylic acids is 1. The normalized spacial score (nSPS) is 19.6. The Bertz CT molecular complexity index is 386. The summed E-state index contributed by atoms with van der Waals surface area (Å²) in [5.41, 5.74) is 5.24. The molecule has 3 amide bonds. The minimum atomic E-state index is -1.17. The molecule has 0 aromatic heterocycles. The van der Waals surface area contributed by atoms with E-state index in [9.17, 15) is 14.4 Å². The molecule has 7 nitrogen and oxygen atoms in total. The lowest BCUT2D eigenvalue weighted by atomic mass is 10.0. The zero-order valence-electron chi connectivity index (χ0n) is 10.7. The zero-order valence-corrected chi connectivity index (χ0v) is 10.7. The molecule has 2 rings (SSSR count). The lowest BCUT2D eigenvalue weighted by molar-refractivity contribution is -0.137. The number of amides is 3. The van der Waals surface area contributed by atoms with E-state index in [-0.39, 0.29) is 12.0 Å². The fourth-order valence-corrected chi connectivity index (χ4v) is 2.50. The van der Waals surface area contributed by atoms with Crippen LogP contribution in [-0.2, 0) is 9.59 Å². The molecule has 0 unspecified atom stereocenters. The Morgan fingerprint density at radius 3 is 2.32 bits per heavy atom. The quantitative estimate of drug-likeness (QED) is 0.592. The van der Waals surface area contributed by atoms with Crippen molar-refractivity contribution in [2.45, 2.75) is 25.7 Å². The summed E-state index contributed by atoms with van der Waals surface area (Å²) in [4.78, 5) is 34.3. The van der Waals surface area contributed by atoms with Crippen molar-refractivity contribution in [1.29, 1.82) is 0 Å². The van der Waals surface area contributed by atoms with Crippen molar-refractivity contribution in [3.8, 4) is 0 Å². The number of carbonyl (C=O) groups is 3. The van der Waals surface area contributed by atoms with Gasteiger partial charge in [0.15, 0.2) is 0 Å². The first-order chi connectivity index (χ1) is 8.93. The lowest BCUT2D eigenvalue weighted by Crippen LogP contribution is -2.48. The van der Waals surface area contributed by atoms with Crippen LogP contribution in [0.1, 0.15) is 25.7 Å². The van der Waals surface area contributed by atoms with Crippen molar-refractivity contribution in [1.82, 2.24) is 10.2 Å². The first kappa shape index (κ1) is 13.6. The molecule has 0 radical (unpaired) electrons. The summed E-state index contributed by atoms with van der Waals surface area (Å²) < 4.78 is 0. The van der Waals surface area contributed by atoms with Gasteiger partial charge in [0.1, 0.15) is 13.1 Å². The van der Waals surface area contributed by atoms with Gasteiger partial charge < -0.3 is 21.1 Å². The molecule has 0 spiro atoms. The van der Waals surface area contributed by atoms with Gasteiger partial charge in [-0.1, -0.05) is 0 Å². The summed E-state index contributed by atoms with van der Waals surface area (Å²) in [5.74, 6) is -1.18. The van der Waals surface area contributed by atoms with E-state index in [4.69, 9.17) is 10.8 Å². The van der Waals surface area contributed by atoms with Gasteiger partial charge in [0, 0.05) is 6.54 Å². The van der Waals surface area contributed by atoms with E-state index in [0.29, 0.717) is 12.5 Å². The number of urea groups is 1. The Morgan fingerprint density at radius 1 is 1.26 bits per heavy atom. The minimum Gasteiger partial charge on any atom is -0.480 e. The molecule has 0 aromatic rings. The Balaban J connectivity index is 1.84. The van der Waals surface area contributed by atoms with E-state index < -0.39 is 24.5 Å². The zero-order chi connectivity index (χ0) is 14.0. The number of carboxylic acids is 1. The van der Waals surface area contributed by atoms with E-state index in [1.165, 1.54) is 12.8 Å². The first-order valence-corrected chi connectivity index (χ1v) is 6.46. The van der Waals surface area contributed by atoms with Crippen molar-refractivity contribution < 1.29 is 19.5 Å². The van der Waals surface area contributed by atoms with Crippen LogP contribution in [0, 0.1) is 11.3 Å². The maximum atomic E-state index is 11.9. The van der Waals surface area contributed by atoms with Gasteiger partial charge in [-0.3, -0.25) is 9.59 Å². The number of hydrogen-bond acceptors (Lipinski definition) is 3. The summed E-state index contributed by atoms with van der Waals surface area (Å²) in [5, 5.41) is 11.4. The highest BCUT2D eigenvalue weighted by atomic mass is 16.4. The maximum Gasteiger partial charge on any atom is 0.323 e. The fraction of sp³-hybridized carbons (Fsp3) is 0.750. The number of nitrogens with zero attached hydrogens (tertiary/aromatic N) is 1. The van der Waals surface area contributed by atoms with Gasteiger partial charge in [0.05, 0.1) is 0 Å². The highest BCUT2D eigenvalue weighted by Gasteiger charge is 2.53. The van der Waals surface area contributed by atoms with Crippen LogP contribution in [0.3, 0.4) is 0 Å². The third-order valence-electron chi connectivity index (χ3n) is 3.89. The SMILES string of the molecule is NC(=O)CN(CC(=O)O)C(=O)NCC1(C2CC2)CC1. The molecule has 0 saturated heterocycles. The van der Waals surface area contributed by atoms with E-state index in [1.54, 1.807) is 0 Å². The minimum absolute atomic E-state index is 0.233. The van der Waals surface area contributed by atoms with Crippen LogP contribution in [-0.4, -0.2) is 47.5 Å². The van der Waals surface area contributed by atoms with Gasteiger partial charge in [0.25, 0.3) is 0 Å². The number of rotatable bonds is 7. The molecule has 106 valence electrons. The second-order valence-electron chi connectivity index (χ2n) is 5.51. The molecule has 0 aliphatic heterocycles. The summed E-state index contributed by atoms with van der Waals surface area (Å²) in [6, 6.07) is -0.534. The van der Waals surface area contributed by atoms with Crippen molar-refractivity contribution in [3.63, 3.8) is 0 Å². The molecule has 7 heteroatoms. The number of hydrogen-bond donors (Lipinski definition) is 3. The maximum absolute atomic E-state index is 11.9. The van der Waals surface area contributed by atoms with Gasteiger partial charge in [0.2, 0.25) is 5.91 Å². The third kappa shape index (κ3) is 3.59. The van der Waals surface area contributed by atoms with Crippen LogP contribution in [0.4, 0.5) is 4.79 Å². The molecule has 19 heavy (non-hydrogen) atoms. The fourth-order valence-electron chi connectivity index (χ4n) is 2.50. The number of carbonyl (C=O) groups excluding carboxylic acids is 2. The van der Waals surface area contributed by atoms with Crippen LogP contribution < -0.4 is 11.1 Å². The topological polar surface area (TPSA) is 113 Å². The average molecular weight is 269 g/mol. The third-order valence-corrected chi connectivity index (χ3v) is 3.89. The Hall–Kier alpha value is -1.79. The van der Waals surface area contributed by atoms with Gasteiger partial charge in [-0.05, 0) is 37.0 Å². The molecule has 2 fully saturated rings. The van der Waals surface area contributed by atoms with E-state index in [0.717, 1.165) is 17.7 Å². The number of nitrogens with two attached hydrogens (primary N) is 1. The van der Waals surface area contributed by atoms with Crippen molar-refractivity contribution in [2.75, 3.05) is 19.6 Å². The summed E-state index contributed by atoms with van der Waals surface area (Å²) in [7, 11) is 0. The average Bonchev–Trinajstić information content (AvgIpc) is 3.13. The standard InChI is InChI=1S/C12H19N3O4/c13-9(16)5-15(6-10(17)18)11(19)14-7-12(3-4-12)8-1-2-8/h8H,1-7H2,(H2,13,16)(H,14,19)(H,17,18). The number of nitrogens with one attached hydrogen (secondary N) is 1. The second-order valence-corrected chi connectivity index (χ2v) is 5.51. The second kappa shape index (κ2) is 5.07. The van der Waals surface area contributed by atoms with Crippen LogP contribution in [0.5, 0.6) is 0 Å². The Labute approximate surface area is 111 Å². The smallest absolute Gasteiger partial charge is 0.323 e. The van der Waals surface area contributed by atoms with Crippen molar-refractivity contribution in [3.05, 3.63) is 0 Å². The van der Waals surface area contributed by atoms with E-state index in [1.807, 2.05) is 0 Å². The first-order valence-electron chi connectivity index (χ1n) is 6.46.